The van der Waals surface area contributed by atoms with Gasteiger partial charge in [-0.15, -0.1) is 0 Å². The normalized spacial score (nSPS) is 13.1. The number of ether oxygens (including phenoxy) is 2. The predicted molar refractivity (Wildman–Crippen MR) is 238 cm³/mol. The molecular weight excluding hydrogens is 866 g/mol. The van der Waals surface area contributed by atoms with Crippen LogP contribution in [0.2, 0.25) is 0 Å². The van der Waals surface area contributed by atoms with Crippen molar-refractivity contribution in [1.82, 2.24) is 0 Å². The van der Waals surface area contributed by atoms with Crippen molar-refractivity contribution in [3.8, 4) is 0 Å². The van der Waals surface area contributed by atoms with Crippen LogP contribution < -0.4 is 10.2 Å². The maximum atomic E-state index is 10.6. The van der Waals surface area contributed by atoms with E-state index >= 15 is 0 Å². The van der Waals surface area contributed by atoms with E-state index in [1.807, 2.05) is 36.4 Å². The number of carbonyl (C=O) groups excluding carboxylic acids is 2. The minimum absolute atomic E-state index is 0. The second-order valence-corrected chi connectivity index (χ2v) is 16.3. The topological polar surface area (TPSA) is 139 Å². The SMILES string of the molecule is CCCCCCCCCCCC(CCCCC(O)C(=O)[O-])OCc1ccccc1.CCCCCCCCCCCC(CCCCC(O)C(=O)[O-])OCc1ccccc1.[Ba+2]. The number of carboxylic acid groups (broad SMARTS) is 2. The molecule has 8 nitrogen and oxygen atoms in total. The van der Waals surface area contributed by atoms with Crippen LogP contribution in [0.25, 0.3) is 0 Å². The first-order valence-electron chi connectivity index (χ1n) is 23.4. The summed E-state index contributed by atoms with van der Waals surface area (Å²) >= 11 is 0. The van der Waals surface area contributed by atoms with Crippen LogP contribution >= 0.6 is 0 Å². The van der Waals surface area contributed by atoms with E-state index in [-0.39, 0.29) is 73.9 Å². The van der Waals surface area contributed by atoms with Crippen LogP contribution in [0, 0.1) is 0 Å². The summed E-state index contributed by atoms with van der Waals surface area (Å²) in [6.07, 6.45) is 28.8. The van der Waals surface area contributed by atoms with Crippen molar-refractivity contribution >= 4 is 60.8 Å². The third kappa shape index (κ3) is 36.0. The number of aliphatic hydroxyl groups is 2. The van der Waals surface area contributed by atoms with E-state index in [4.69, 9.17) is 9.47 Å². The molecule has 0 aliphatic rings. The van der Waals surface area contributed by atoms with Crippen molar-refractivity contribution in [3.05, 3.63) is 71.8 Å². The van der Waals surface area contributed by atoms with E-state index in [1.54, 1.807) is 0 Å². The number of aliphatic carboxylic acids is 2. The van der Waals surface area contributed by atoms with E-state index in [9.17, 15) is 30.0 Å². The molecule has 0 aliphatic heterocycles. The van der Waals surface area contributed by atoms with Gasteiger partial charge in [-0.1, -0.05) is 216 Å². The van der Waals surface area contributed by atoms with E-state index in [1.165, 1.54) is 127 Å². The number of carboxylic acids is 2. The van der Waals surface area contributed by atoms with Gasteiger partial charge in [0.25, 0.3) is 0 Å². The average Bonchev–Trinajstić information content (AvgIpc) is 3.23. The summed E-state index contributed by atoms with van der Waals surface area (Å²) < 4.78 is 12.3. The van der Waals surface area contributed by atoms with Gasteiger partial charge in [0.1, 0.15) is 0 Å². The van der Waals surface area contributed by atoms with Gasteiger partial charge in [0.15, 0.2) is 0 Å². The molecule has 0 aliphatic carbocycles. The molecule has 2 aromatic carbocycles. The summed E-state index contributed by atoms with van der Waals surface area (Å²) in [4.78, 5) is 21.2. The van der Waals surface area contributed by atoms with Gasteiger partial charge < -0.3 is 39.5 Å². The Balaban J connectivity index is 0.00000112. The van der Waals surface area contributed by atoms with Crippen LogP contribution in [0.3, 0.4) is 0 Å². The molecule has 2 rings (SSSR count). The maximum Gasteiger partial charge on any atom is 2.00 e. The standard InChI is InChI=1S/2C25H42O4.Ba/c2*1-2-3-4-5-6-7-8-9-13-18-23(19-14-15-20-24(26)25(27)28)29-21-22-16-11-10-12-17-22;/h2*10-12,16-17,23-24,26H,2-9,13-15,18-21H2,1H3,(H,27,28);/q;;+2/p-2. The van der Waals surface area contributed by atoms with Crippen molar-refractivity contribution in [2.75, 3.05) is 0 Å². The Morgan fingerprint density at radius 2 is 0.695 bits per heavy atom. The van der Waals surface area contributed by atoms with Crippen LogP contribution in [0.4, 0.5) is 0 Å². The first-order valence-corrected chi connectivity index (χ1v) is 23.4. The quantitative estimate of drug-likeness (QED) is 0.0501. The van der Waals surface area contributed by atoms with Crippen LogP contribution in [0.1, 0.15) is 205 Å². The molecule has 2 N–H and O–H groups in total. The Labute approximate surface area is 400 Å². The van der Waals surface area contributed by atoms with E-state index in [0.29, 0.717) is 26.1 Å². The molecule has 0 spiro atoms. The summed E-state index contributed by atoms with van der Waals surface area (Å²) in [5.74, 6) is -2.76. The smallest absolute Gasteiger partial charge is 0.547 e. The molecule has 4 unspecified atom stereocenters. The second-order valence-electron chi connectivity index (χ2n) is 16.3. The van der Waals surface area contributed by atoms with Crippen LogP contribution in [-0.4, -0.2) is 95.4 Å². The van der Waals surface area contributed by atoms with Crippen molar-refractivity contribution in [2.24, 2.45) is 0 Å². The third-order valence-corrected chi connectivity index (χ3v) is 11.0. The molecule has 0 heterocycles. The summed E-state index contributed by atoms with van der Waals surface area (Å²) in [6.45, 7) is 5.73. The summed E-state index contributed by atoms with van der Waals surface area (Å²) in [5.41, 5.74) is 2.36. The van der Waals surface area contributed by atoms with E-state index in [2.05, 4.69) is 38.1 Å². The van der Waals surface area contributed by atoms with Crippen LogP contribution in [0.15, 0.2) is 60.7 Å². The van der Waals surface area contributed by atoms with Crippen LogP contribution in [0.5, 0.6) is 0 Å². The molecule has 2 aromatic rings. The first kappa shape index (κ1) is 57.8. The molecule has 332 valence electrons. The molecule has 9 heteroatoms. The fourth-order valence-corrected chi connectivity index (χ4v) is 7.22. The van der Waals surface area contributed by atoms with Crippen molar-refractivity contribution < 1.29 is 39.5 Å². The summed E-state index contributed by atoms with van der Waals surface area (Å²) in [5, 5.41) is 39.9. The molecule has 4 atom stereocenters. The predicted octanol–water partition coefficient (Wildman–Crippen LogP) is 9.95. The Hall–Kier alpha value is -1.21. The largest absolute Gasteiger partial charge is 2.00 e. The zero-order valence-corrected chi connectivity index (χ0v) is 41.8. The molecule has 0 saturated heterocycles. The fraction of sp³-hybridized carbons (Fsp3) is 0.720. The van der Waals surface area contributed by atoms with E-state index < -0.39 is 24.1 Å². The Kier molecular flexibility index (Phi) is 41.2. The first-order chi connectivity index (χ1) is 28.3. The third-order valence-electron chi connectivity index (χ3n) is 11.0. The maximum absolute atomic E-state index is 10.6. The van der Waals surface area contributed by atoms with Gasteiger partial charge in [0, 0.05) is 0 Å². The number of hydrogen-bond donors (Lipinski definition) is 2. The van der Waals surface area contributed by atoms with E-state index in [0.717, 1.165) is 38.5 Å². The Morgan fingerprint density at radius 1 is 0.441 bits per heavy atom. The number of benzene rings is 2. The fourth-order valence-electron chi connectivity index (χ4n) is 7.22. The molecule has 59 heavy (non-hydrogen) atoms. The average molecular weight is 949 g/mol. The number of aliphatic hydroxyl groups excluding tert-OH is 2. The minimum atomic E-state index is -1.38. The molecular formula is C50H82BaO8. The molecule has 0 radical (unpaired) electrons. The van der Waals surface area contributed by atoms with Gasteiger partial charge in [-0.2, -0.15) is 0 Å². The van der Waals surface area contributed by atoms with Gasteiger partial charge in [0.05, 0.1) is 49.6 Å². The van der Waals surface area contributed by atoms with Gasteiger partial charge >= 0.3 is 48.9 Å². The zero-order chi connectivity index (χ0) is 42.3. The van der Waals surface area contributed by atoms with Crippen molar-refractivity contribution in [1.29, 1.82) is 0 Å². The second kappa shape index (κ2) is 42.1. The Bertz CT molecular complexity index is 1110. The van der Waals surface area contributed by atoms with Gasteiger partial charge in [-0.25, -0.2) is 0 Å². The van der Waals surface area contributed by atoms with Crippen LogP contribution in [-0.2, 0) is 32.3 Å². The molecule has 0 aromatic heterocycles. The number of hydrogen-bond acceptors (Lipinski definition) is 8. The molecule has 0 amide bonds. The molecule has 0 bridgehead atoms. The van der Waals surface area contributed by atoms with Gasteiger partial charge in [0.2, 0.25) is 0 Å². The summed E-state index contributed by atoms with van der Waals surface area (Å²) in [6, 6.07) is 20.4. The van der Waals surface area contributed by atoms with Gasteiger partial charge in [-0.3, -0.25) is 0 Å². The number of rotatable bonds is 38. The Morgan fingerprint density at radius 3 is 0.983 bits per heavy atom. The van der Waals surface area contributed by atoms with Crippen molar-refractivity contribution in [3.63, 3.8) is 0 Å². The van der Waals surface area contributed by atoms with Crippen molar-refractivity contribution in [2.45, 2.75) is 231 Å². The molecule has 0 saturated carbocycles. The zero-order valence-electron chi connectivity index (χ0n) is 37.3. The summed E-state index contributed by atoms with van der Waals surface area (Å²) in [7, 11) is 0. The number of unbranched alkanes of at least 4 members (excludes halogenated alkanes) is 18. The molecule has 0 fully saturated rings. The van der Waals surface area contributed by atoms with Gasteiger partial charge in [-0.05, 0) is 49.7 Å². The monoisotopic (exact) mass is 949 g/mol. The minimum Gasteiger partial charge on any atom is -0.547 e. The number of carbonyl (C=O) groups is 2.